The van der Waals surface area contributed by atoms with E-state index in [4.69, 9.17) is 9.36 Å². The molecule has 2 aromatic carbocycles. The first-order valence-corrected chi connectivity index (χ1v) is 8.36. The van der Waals surface area contributed by atoms with Crippen molar-refractivity contribution < 1.29 is 9.36 Å². The maximum atomic E-state index is 5.20. The minimum absolute atomic E-state index is 0.132. The molecule has 6 heteroatoms. The van der Waals surface area contributed by atoms with Crippen molar-refractivity contribution in [1.29, 1.82) is 0 Å². The van der Waals surface area contributed by atoms with Gasteiger partial charge in [-0.15, -0.1) is 0 Å². The Bertz CT molecular complexity index is 811. The van der Waals surface area contributed by atoms with Crippen molar-refractivity contribution in [3.05, 3.63) is 70.0 Å². The van der Waals surface area contributed by atoms with Crippen LogP contribution in [-0.4, -0.2) is 16.4 Å². The van der Waals surface area contributed by atoms with Gasteiger partial charge in [0.2, 0.25) is 5.82 Å². The van der Waals surface area contributed by atoms with E-state index in [2.05, 4.69) is 50.3 Å². The van der Waals surface area contributed by atoms with Crippen LogP contribution in [0.4, 0.5) is 0 Å². The van der Waals surface area contributed by atoms with Crippen LogP contribution in [0.1, 0.15) is 23.9 Å². The maximum Gasteiger partial charge on any atom is 0.267 e. The fraction of sp³-hybridized carbons (Fsp3) is 0.167. The number of benzene rings is 2. The summed E-state index contributed by atoms with van der Waals surface area (Å²) >= 11 is 3.38. The number of hydrogen-bond acceptors (Lipinski definition) is 5. The highest BCUT2D eigenvalue weighted by Crippen LogP contribution is 2.17. The van der Waals surface area contributed by atoms with Gasteiger partial charge >= 0.3 is 0 Å². The van der Waals surface area contributed by atoms with Gasteiger partial charge in [-0.25, -0.2) is 0 Å². The van der Waals surface area contributed by atoms with Crippen molar-refractivity contribution in [1.82, 2.24) is 10.1 Å². The van der Waals surface area contributed by atoms with E-state index in [-0.39, 0.29) is 6.61 Å². The normalized spacial score (nSPS) is 11.1. The minimum atomic E-state index is 0.132. The monoisotopic (exact) mass is 385 g/mol. The molecule has 0 unspecified atom stereocenters. The van der Waals surface area contributed by atoms with Crippen molar-refractivity contribution in [3.63, 3.8) is 0 Å². The molecule has 0 aliphatic carbocycles. The van der Waals surface area contributed by atoms with Gasteiger partial charge in [0, 0.05) is 10.0 Å². The van der Waals surface area contributed by atoms with Crippen molar-refractivity contribution in [2.75, 3.05) is 0 Å². The van der Waals surface area contributed by atoms with Crippen LogP contribution in [0.3, 0.4) is 0 Å². The summed E-state index contributed by atoms with van der Waals surface area (Å²) in [6.07, 6.45) is 2.63. The van der Waals surface area contributed by atoms with Crippen LogP contribution in [0, 0.1) is 0 Å². The van der Waals surface area contributed by atoms with Gasteiger partial charge in [0.1, 0.15) is 0 Å². The topological polar surface area (TPSA) is 60.5 Å². The predicted octanol–water partition coefficient (Wildman–Crippen LogP) is 4.61. The van der Waals surface area contributed by atoms with Crippen LogP contribution in [0.15, 0.2) is 62.7 Å². The second kappa shape index (κ2) is 7.88. The number of aryl methyl sites for hydroxylation is 1. The van der Waals surface area contributed by atoms with Gasteiger partial charge in [0.25, 0.3) is 5.89 Å². The summed E-state index contributed by atoms with van der Waals surface area (Å²) in [7, 11) is 0. The molecule has 5 nitrogen and oxygen atoms in total. The molecule has 3 aromatic rings. The average molecular weight is 386 g/mol. The smallest absolute Gasteiger partial charge is 0.267 e. The number of halogens is 1. The molecule has 1 heterocycles. The molecule has 1 aromatic heterocycles. The molecule has 0 aliphatic heterocycles. The Morgan fingerprint density at radius 2 is 1.88 bits per heavy atom. The van der Waals surface area contributed by atoms with Crippen molar-refractivity contribution >= 4 is 22.1 Å². The Balaban J connectivity index is 1.56. The lowest BCUT2D eigenvalue weighted by atomic mass is 10.1. The highest BCUT2D eigenvalue weighted by Gasteiger charge is 2.08. The molecule has 0 atom stereocenters. The molecule has 0 fully saturated rings. The van der Waals surface area contributed by atoms with E-state index in [1.54, 1.807) is 6.21 Å². The molecule has 0 radical (unpaired) electrons. The van der Waals surface area contributed by atoms with Crippen LogP contribution >= 0.6 is 15.9 Å². The standard InChI is InChI=1S/C18H16BrN3O2/c1-2-13-3-7-15(8-4-13)18-21-17(24-22-18)12-23-20-11-14-5-9-16(19)10-6-14/h3-11H,2,12H2,1H3/b20-11-. The second-order valence-electron chi connectivity index (χ2n) is 5.12. The fourth-order valence-electron chi connectivity index (χ4n) is 2.06. The highest BCUT2D eigenvalue weighted by atomic mass is 79.9. The van der Waals surface area contributed by atoms with Crippen molar-refractivity contribution in [2.24, 2.45) is 5.16 Å². The summed E-state index contributed by atoms with van der Waals surface area (Å²) in [4.78, 5) is 9.51. The lowest BCUT2D eigenvalue weighted by molar-refractivity contribution is 0.107. The summed E-state index contributed by atoms with van der Waals surface area (Å²) in [6, 6.07) is 15.8. The first kappa shape index (κ1) is 16.4. The molecule has 0 saturated carbocycles. The molecule has 0 aliphatic rings. The summed E-state index contributed by atoms with van der Waals surface area (Å²) in [5.74, 6) is 0.936. The first-order chi connectivity index (χ1) is 11.7. The quantitative estimate of drug-likeness (QED) is 0.459. The number of hydrogen-bond donors (Lipinski definition) is 0. The van der Waals surface area contributed by atoms with E-state index >= 15 is 0 Å². The lowest BCUT2D eigenvalue weighted by Crippen LogP contribution is -1.89. The van der Waals surface area contributed by atoms with Gasteiger partial charge in [-0.3, -0.25) is 0 Å². The molecule has 24 heavy (non-hydrogen) atoms. The number of nitrogens with zero attached hydrogens (tertiary/aromatic N) is 3. The van der Waals surface area contributed by atoms with Gasteiger partial charge in [0.05, 0.1) is 6.21 Å². The Labute approximate surface area is 148 Å². The van der Waals surface area contributed by atoms with Gasteiger partial charge in [-0.2, -0.15) is 4.98 Å². The Kier molecular flexibility index (Phi) is 5.38. The number of oxime groups is 1. The summed E-state index contributed by atoms with van der Waals surface area (Å²) < 4.78 is 6.20. The maximum absolute atomic E-state index is 5.20. The molecule has 0 bridgehead atoms. The van der Waals surface area contributed by atoms with Gasteiger partial charge in [-0.1, -0.05) is 69.6 Å². The predicted molar refractivity (Wildman–Crippen MR) is 95.6 cm³/mol. The number of rotatable bonds is 6. The lowest BCUT2D eigenvalue weighted by Gasteiger charge is -1.97. The largest absolute Gasteiger partial charge is 0.386 e. The molecule has 0 spiro atoms. The molecule has 0 amide bonds. The zero-order chi connectivity index (χ0) is 16.8. The van der Waals surface area contributed by atoms with E-state index in [0.717, 1.165) is 22.0 Å². The average Bonchev–Trinajstić information content (AvgIpc) is 3.09. The Morgan fingerprint density at radius 1 is 1.12 bits per heavy atom. The van der Waals surface area contributed by atoms with Crippen LogP contribution < -0.4 is 0 Å². The van der Waals surface area contributed by atoms with Gasteiger partial charge in [0.15, 0.2) is 6.61 Å². The van der Waals surface area contributed by atoms with Crippen molar-refractivity contribution in [2.45, 2.75) is 20.0 Å². The zero-order valence-corrected chi connectivity index (χ0v) is 14.7. The van der Waals surface area contributed by atoms with Crippen LogP contribution in [0.5, 0.6) is 0 Å². The molecule has 122 valence electrons. The van der Waals surface area contributed by atoms with E-state index in [0.29, 0.717) is 11.7 Å². The van der Waals surface area contributed by atoms with Crippen LogP contribution in [0.2, 0.25) is 0 Å². The van der Waals surface area contributed by atoms with E-state index in [9.17, 15) is 0 Å². The Hall–Kier alpha value is -2.47. The third-order valence-electron chi connectivity index (χ3n) is 3.42. The minimum Gasteiger partial charge on any atom is -0.386 e. The first-order valence-electron chi connectivity index (χ1n) is 7.57. The number of aromatic nitrogens is 2. The molecule has 0 saturated heterocycles. The Morgan fingerprint density at radius 3 is 2.58 bits per heavy atom. The molecule has 0 N–H and O–H groups in total. The van der Waals surface area contributed by atoms with Crippen molar-refractivity contribution in [3.8, 4) is 11.4 Å². The van der Waals surface area contributed by atoms with Crippen LogP contribution in [0.25, 0.3) is 11.4 Å². The third-order valence-corrected chi connectivity index (χ3v) is 3.95. The van der Waals surface area contributed by atoms with E-state index in [1.807, 2.05) is 36.4 Å². The van der Waals surface area contributed by atoms with E-state index < -0.39 is 0 Å². The highest BCUT2D eigenvalue weighted by molar-refractivity contribution is 9.10. The third kappa shape index (κ3) is 4.29. The summed E-state index contributed by atoms with van der Waals surface area (Å²) in [6.45, 7) is 2.25. The van der Waals surface area contributed by atoms with Gasteiger partial charge < -0.3 is 9.36 Å². The SMILES string of the molecule is CCc1ccc(-c2noc(CO/N=C\c3ccc(Br)cc3)n2)cc1. The fourth-order valence-corrected chi connectivity index (χ4v) is 2.32. The molecular formula is C18H16BrN3O2. The van der Waals surface area contributed by atoms with Crippen LogP contribution in [-0.2, 0) is 17.9 Å². The second-order valence-corrected chi connectivity index (χ2v) is 6.04. The van der Waals surface area contributed by atoms with Gasteiger partial charge in [-0.05, 0) is 29.7 Å². The molecule has 3 rings (SSSR count). The van der Waals surface area contributed by atoms with E-state index in [1.165, 1.54) is 5.56 Å². The molecular weight excluding hydrogens is 370 g/mol. The summed E-state index contributed by atoms with van der Waals surface area (Å²) in [5, 5.41) is 7.87. The zero-order valence-electron chi connectivity index (χ0n) is 13.1. The summed E-state index contributed by atoms with van der Waals surface area (Å²) in [5.41, 5.74) is 3.13.